The maximum Gasteiger partial charge on any atom is 0.407 e. The van der Waals surface area contributed by atoms with Gasteiger partial charge in [0.1, 0.15) is 12.2 Å². The Morgan fingerprint density at radius 2 is 1.72 bits per heavy atom. The molecule has 0 fully saturated rings. The summed E-state index contributed by atoms with van der Waals surface area (Å²) >= 11 is 0. The van der Waals surface area contributed by atoms with Crippen LogP contribution in [-0.2, 0) is 9.53 Å². The summed E-state index contributed by atoms with van der Waals surface area (Å²) in [6, 6.07) is 13.9. The quantitative estimate of drug-likeness (QED) is 0.254. The topological polar surface area (TPSA) is 90.9 Å². The Bertz CT molecular complexity index is 960. The monoisotopic (exact) mass is 439 g/mol. The molecule has 2 aromatic carbocycles. The molecule has 7 heteroatoms. The zero-order valence-corrected chi connectivity index (χ0v) is 18.8. The zero-order valence-electron chi connectivity index (χ0n) is 18.8. The number of allylic oxidation sites excluding steroid dienone is 1. The summed E-state index contributed by atoms with van der Waals surface area (Å²) in [7, 11) is 1.51. The lowest BCUT2D eigenvalue weighted by molar-refractivity contribution is -0.113. The number of carbonyl (C=O) groups excluding carboxylic acids is 3. The van der Waals surface area contributed by atoms with Crippen LogP contribution in [0.2, 0.25) is 0 Å². The number of ether oxygens (including phenoxy) is 3. The molecular formula is C25H29NO6. The first-order valence-electron chi connectivity index (χ1n) is 10.2. The highest BCUT2D eigenvalue weighted by Crippen LogP contribution is 2.28. The third-order valence-electron chi connectivity index (χ3n) is 4.11. The molecule has 32 heavy (non-hydrogen) atoms. The van der Waals surface area contributed by atoms with Crippen LogP contribution >= 0.6 is 0 Å². The van der Waals surface area contributed by atoms with Crippen LogP contribution in [0, 0.1) is 0 Å². The molecule has 0 aliphatic rings. The highest BCUT2D eigenvalue weighted by molar-refractivity contribution is 6.12. The number of ketones is 2. The number of benzene rings is 2. The second-order valence-electron chi connectivity index (χ2n) is 7.95. The lowest BCUT2D eigenvalue weighted by Gasteiger charge is -2.19. The third kappa shape index (κ3) is 8.63. The van der Waals surface area contributed by atoms with Gasteiger partial charge in [-0.3, -0.25) is 9.59 Å². The first-order valence-corrected chi connectivity index (χ1v) is 10.2. The highest BCUT2D eigenvalue weighted by atomic mass is 16.6. The molecule has 0 radical (unpaired) electrons. The fourth-order valence-electron chi connectivity index (χ4n) is 2.67. The van der Waals surface area contributed by atoms with Crippen molar-refractivity contribution in [1.82, 2.24) is 5.32 Å². The van der Waals surface area contributed by atoms with E-state index in [-0.39, 0.29) is 31.1 Å². The molecule has 0 aliphatic heterocycles. The third-order valence-corrected chi connectivity index (χ3v) is 4.11. The van der Waals surface area contributed by atoms with Crippen molar-refractivity contribution in [3.05, 3.63) is 65.7 Å². The number of amides is 1. The van der Waals surface area contributed by atoms with Crippen molar-refractivity contribution in [2.75, 3.05) is 20.3 Å². The van der Waals surface area contributed by atoms with Gasteiger partial charge in [0.25, 0.3) is 0 Å². The van der Waals surface area contributed by atoms with Crippen LogP contribution in [0.25, 0.3) is 6.08 Å². The molecule has 0 heterocycles. The van der Waals surface area contributed by atoms with Gasteiger partial charge < -0.3 is 19.5 Å². The Balaban J connectivity index is 1.87. The van der Waals surface area contributed by atoms with E-state index in [0.29, 0.717) is 17.1 Å². The van der Waals surface area contributed by atoms with E-state index in [1.54, 1.807) is 69.3 Å². The second kappa shape index (κ2) is 11.7. The van der Waals surface area contributed by atoms with Crippen LogP contribution in [-0.4, -0.2) is 43.5 Å². The summed E-state index contributed by atoms with van der Waals surface area (Å²) in [5.41, 5.74) is 0.674. The van der Waals surface area contributed by atoms with Crippen LogP contribution in [0.15, 0.2) is 54.6 Å². The maximum absolute atomic E-state index is 12.1. The van der Waals surface area contributed by atoms with Gasteiger partial charge in [-0.15, -0.1) is 0 Å². The largest absolute Gasteiger partial charge is 0.493 e. The fraction of sp³-hybridized carbons (Fsp3) is 0.320. The van der Waals surface area contributed by atoms with E-state index in [9.17, 15) is 14.4 Å². The standard InChI is InChI=1S/C25H29NO6/c1-25(2,3)32-24(29)26-14-15-31-22-13-11-18(16-23(22)30-4)10-12-20(27)17-21(28)19-8-6-5-7-9-19/h5-13,16H,14-15,17H2,1-4H3,(H,26,29)/b12-10+. The minimum atomic E-state index is -0.562. The fourth-order valence-corrected chi connectivity index (χ4v) is 2.67. The van der Waals surface area contributed by atoms with Gasteiger partial charge >= 0.3 is 6.09 Å². The molecule has 2 rings (SSSR count). The Labute approximate surface area is 188 Å². The normalized spacial score (nSPS) is 11.1. The van der Waals surface area contributed by atoms with E-state index in [1.165, 1.54) is 13.2 Å². The van der Waals surface area contributed by atoms with Gasteiger partial charge in [-0.1, -0.05) is 42.5 Å². The predicted molar refractivity (Wildman–Crippen MR) is 122 cm³/mol. The Hall–Kier alpha value is -3.61. The van der Waals surface area contributed by atoms with Crippen LogP contribution in [0.5, 0.6) is 11.5 Å². The maximum atomic E-state index is 12.1. The minimum absolute atomic E-state index is 0.191. The van der Waals surface area contributed by atoms with E-state index < -0.39 is 11.7 Å². The molecule has 0 spiro atoms. The summed E-state index contributed by atoms with van der Waals surface area (Å²) in [6.45, 7) is 5.87. The molecule has 0 aromatic heterocycles. The Kier molecular flexibility index (Phi) is 9.01. The predicted octanol–water partition coefficient (Wildman–Crippen LogP) is 4.45. The number of carbonyl (C=O) groups is 3. The van der Waals surface area contributed by atoms with Crippen LogP contribution < -0.4 is 14.8 Å². The van der Waals surface area contributed by atoms with Gasteiger partial charge in [0.05, 0.1) is 20.1 Å². The summed E-state index contributed by atoms with van der Waals surface area (Å²) < 4.78 is 16.2. The summed E-state index contributed by atoms with van der Waals surface area (Å²) in [5, 5.41) is 2.62. The Morgan fingerprint density at radius 1 is 1.00 bits per heavy atom. The van der Waals surface area contributed by atoms with Crippen molar-refractivity contribution in [2.45, 2.75) is 32.8 Å². The molecule has 0 saturated heterocycles. The highest BCUT2D eigenvalue weighted by Gasteiger charge is 2.15. The molecule has 2 aromatic rings. The molecule has 1 N–H and O–H groups in total. The van der Waals surface area contributed by atoms with Gasteiger partial charge in [-0.05, 0) is 44.5 Å². The second-order valence-corrected chi connectivity index (χ2v) is 7.95. The van der Waals surface area contributed by atoms with Crippen molar-refractivity contribution < 1.29 is 28.6 Å². The van der Waals surface area contributed by atoms with E-state index in [0.717, 1.165) is 5.56 Å². The lowest BCUT2D eigenvalue weighted by Crippen LogP contribution is -2.34. The molecule has 170 valence electrons. The van der Waals surface area contributed by atoms with Gasteiger partial charge in [0.15, 0.2) is 23.1 Å². The van der Waals surface area contributed by atoms with Crippen molar-refractivity contribution >= 4 is 23.7 Å². The van der Waals surface area contributed by atoms with E-state index >= 15 is 0 Å². The first kappa shape index (κ1) is 24.7. The Morgan fingerprint density at radius 3 is 2.38 bits per heavy atom. The van der Waals surface area contributed by atoms with Gasteiger partial charge in [-0.25, -0.2) is 4.79 Å². The summed E-state index contributed by atoms with van der Waals surface area (Å²) in [4.78, 5) is 35.9. The van der Waals surface area contributed by atoms with E-state index in [1.807, 2.05) is 6.07 Å². The molecular weight excluding hydrogens is 410 g/mol. The number of alkyl carbamates (subject to hydrolysis) is 1. The van der Waals surface area contributed by atoms with Crippen LogP contribution in [0.1, 0.15) is 43.1 Å². The lowest BCUT2D eigenvalue weighted by atomic mass is 10.1. The van der Waals surface area contributed by atoms with E-state index in [4.69, 9.17) is 14.2 Å². The smallest absolute Gasteiger partial charge is 0.407 e. The SMILES string of the molecule is COc1cc(/C=C/C(=O)CC(=O)c2ccccc2)ccc1OCCNC(=O)OC(C)(C)C. The average Bonchev–Trinajstić information content (AvgIpc) is 2.75. The minimum Gasteiger partial charge on any atom is -0.493 e. The van der Waals surface area contributed by atoms with Crippen molar-refractivity contribution in [1.29, 1.82) is 0 Å². The van der Waals surface area contributed by atoms with Crippen LogP contribution in [0.3, 0.4) is 0 Å². The van der Waals surface area contributed by atoms with Gasteiger partial charge in [0.2, 0.25) is 0 Å². The summed E-state index contributed by atoms with van der Waals surface area (Å²) in [5.74, 6) is 0.478. The molecule has 0 atom stereocenters. The molecule has 0 bridgehead atoms. The van der Waals surface area contributed by atoms with Crippen LogP contribution in [0.4, 0.5) is 4.79 Å². The number of Topliss-reactive ketones (excluding diaryl/α,β-unsaturated/α-hetero) is 1. The summed E-state index contributed by atoms with van der Waals surface area (Å²) in [6.07, 6.45) is 2.30. The number of hydrogen-bond acceptors (Lipinski definition) is 6. The molecule has 7 nitrogen and oxygen atoms in total. The molecule has 0 aliphatic carbocycles. The average molecular weight is 440 g/mol. The number of methoxy groups -OCH3 is 1. The van der Waals surface area contributed by atoms with Crippen molar-refractivity contribution in [2.24, 2.45) is 0 Å². The first-order chi connectivity index (χ1) is 15.2. The van der Waals surface area contributed by atoms with E-state index in [2.05, 4.69) is 5.32 Å². The zero-order chi connectivity index (χ0) is 23.6. The molecule has 0 unspecified atom stereocenters. The molecule has 0 saturated carbocycles. The van der Waals surface area contributed by atoms with Gasteiger partial charge in [0, 0.05) is 5.56 Å². The number of nitrogens with one attached hydrogen (secondary N) is 1. The van der Waals surface area contributed by atoms with Crippen molar-refractivity contribution in [3.8, 4) is 11.5 Å². The van der Waals surface area contributed by atoms with Gasteiger partial charge in [-0.2, -0.15) is 0 Å². The van der Waals surface area contributed by atoms with Crippen molar-refractivity contribution in [3.63, 3.8) is 0 Å². The number of hydrogen-bond donors (Lipinski definition) is 1. The number of rotatable bonds is 10. The molecule has 1 amide bonds.